The molecule has 17 heavy (non-hydrogen) atoms. The number of hydrogen-bond donors (Lipinski definition) is 2. The normalized spacial score (nSPS) is 10.6. The molecule has 1 heterocycles. The number of carbonyl (C=O) groups excluding carboxylic acids is 1. The van der Waals surface area contributed by atoms with E-state index in [2.05, 4.69) is 4.98 Å². The summed E-state index contributed by atoms with van der Waals surface area (Å²) in [5, 5.41) is 19.3. The molecule has 7 nitrogen and oxygen atoms in total. The van der Waals surface area contributed by atoms with Crippen LogP contribution in [0.5, 0.6) is 0 Å². The lowest BCUT2D eigenvalue weighted by Crippen LogP contribution is -2.39. The third-order valence-electron chi connectivity index (χ3n) is 2.33. The monoisotopic (exact) mass is 241 g/mol. The Morgan fingerprint density at radius 1 is 1.65 bits per heavy atom. The van der Waals surface area contributed by atoms with Gasteiger partial charge in [-0.1, -0.05) is 0 Å². The van der Waals surface area contributed by atoms with E-state index in [0.29, 0.717) is 0 Å². The predicted octanol–water partition coefficient (Wildman–Crippen LogP) is 0.766. The number of nitro groups is 1. The number of carbonyl (C=O) groups is 1. The van der Waals surface area contributed by atoms with E-state index in [4.69, 9.17) is 5.11 Å². The first-order valence-electron chi connectivity index (χ1n) is 5.22. The van der Waals surface area contributed by atoms with Gasteiger partial charge in [-0.05, 0) is 13.8 Å². The van der Waals surface area contributed by atoms with E-state index in [1.54, 1.807) is 0 Å². The van der Waals surface area contributed by atoms with Gasteiger partial charge in [-0.25, -0.2) is 0 Å². The second kappa shape index (κ2) is 5.44. The van der Waals surface area contributed by atoms with Gasteiger partial charge in [0, 0.05) is 18.7 Å². The van der Waals surface area contributed by atoms with E-state index in [1.807, 2.05) is 13.8 Å². The summed E-state index contributed by atoms with van der Waals surface area (Å²) in [5.74, 6) is -0.359. The number of amides is 1. The van der Waals surface area contributed by atoms with Gasteiger partial charge >= 0.3 is 0 Å². The first kappa shape index (κ1) is 13.2. The largest absolute Gasteiger partial charge is 0.395 e. The minimum absolute atomic E-state index is 0.0861. The van der Waals surface area contributed by atoms with Crippen LogP contribution < -0.4 is 0 Å². The van der Waals surface area contributed by atoms with Gasteiger partial charge in [0.2, 0.25) is 0 Å². The molecule has 0 fully saturated rings. The molecule has 7 heteroatoms. The SMILES string of the molecule is CC(C)N(CCO)C(=O)c1cc([N+](=O)[O-])c[nH]1. The predicted molar refractivity (Wildman–Crippen MR) is 60.7 cm³/mol. The summed E-state index contributed by atoms with van der Waals surface area (Å²) in [6, 6.07) is 1.10. The minimum atomic E-state index is -0.570. The maximum absolute atomic E-state index is 12.0. The van der Waals surface area contributed by atoms with Gasteiger partial charge in [0.25, 0.3) is 11.6 Å². The molecule has 0 bridgehead atoms. The molecule has 0 aliphatic rings. The molecule has 0 saturated carbocycles. The van der Waals surface area contributed by atoms with Gasteiger partial charge in [0.15, 0.2) is 0 Å². The number of hydrogen-bond acceptors (Lipinski definition) is 4. The second-order valence-electron chi connectivity index (χ2n) is 3.84. The number of H-pyrrole nitrogens is 1. The molecule has 0 aliphatic carbocycles. The summed E-state index contributed by atoms with van der Waals surface area (Å²) in [6.07, 6.45) is 1.17. The Morgan fingerprint density at radius 2 is 2.29 bits per heavy atom. The number of aromatic amines is 1. The molecule has 1 aromatic heterocycles. The van der Waals surface area contributed by atoms with Crippen molar-refractivity contribution < 1.29 is 14.8 Å². The molecular weight excluding hydrogens is 226 g/mol. The number of aromatic nitrogens is 1. The number of aliphatic hydroxyl groups is 1. The average Bonchev–Trinajstić information content (AvgIpc) is 2.73. The first-order chi connectivity index (χ1) is 7.97. The highest BCUT2D eigenvalue weighted by atomic mass is 16.6. The minimum Gasteiger partial charge on any atom is -0.395 e. The molecule has 1 amide bonds. The van der Waals surface area contributed by atoms with Crippen molar-refractivity contribution in [1.29, 1.82) is 0 Å². The van der Waals surface area contributed by atoms with Crippen molar-refractivity contribution >= 4 is 11.6 Å². The fraction of sp³-hybridized carbons (Fsp3) is 0.500. The van der Waals surface area contributed by atoms with Crippen molar-refractivity contribution in [2.45, 2.75) is 19.9 Å². The molecule has 0 atom stereocenters. The summed E-state index contributed by atoms with van der Waals surface area (Å²) in [7, 11) is 0. The van der Waals surface area contributed by atoms with Crippen LogP contribution in [0.15, 0.2) is 12.3 Å². The van der Waals surface area contributed by atoms with Gasteiger partial charge in [-0.3, -0.25) is 14.9 Å². The van der Waals surface area contributed by atoms with Crippen molar-refractivity contribution in [2.24, 2.45) is 0 Å². The van der Waals surface area contributed by atoms with Crippen LogP contribution in [0.1, 0.15) is 24.3 Å². The zero-order valence-corrected chi connectivity index (χ0v) is 9.71. The van der Waals surface area contributed by atoms with Crippen LogP contribution in [-0.4, -0.2) is 45.0 Å². The number of aliphatic hydroxyl groups excluding tert-OH is 1. The van der Waals surface area contributed by atoms with E-state index in [1.165, 1.54) is 17.2 Å². The maximum Gasteiger partial charge on any atom is 0.287 e. The average molecular weight is 241 g/mol. The van der Waals surface area contributed by atoms with Crippen LogP contribution >= 0.6 is 0 Å². The lowest BCUT2D eigenvalue weighted by molar-refractivity contribution is -0.384. The lowest BCUT2D eigenvalue weighted by atomic mass is 10.2. The highest BCUT2D eigenvalue weighted by Gasteiger charge is 2.21. The molecule has 0 radical (unpaired) electrons. The fourth-order valence-electron chi connectivity index (χ4n) is 1.47. The number of nitrogens with zero attached hydrogens (tertiary/aromatic N) is 2. The van der Waals surface area contributed by atoms with Crippen LogP contribution in [0.2, 0.25) is 0 Å². The van der Waals surface area contributed by atoms with E-state index < -0.39 is 4.92 Å². The Hall–Kier alpha value is -1.89. The van der Waals surface area contributed by atoms with Crippen molar-refractivity contribution in [3.8, 4) is 0 Å². The fourth-order valence-corrected chi connectivity index (χ4v) is 1.47. The van der Waals surface area contributed by atoms with E-state index in [-0.39, 0.29) is 36.5 Å². The van der Waals surface area contributed by atoms with Crippen LogP contribution in [0.4, 0.5) is 5.69 Å². The van der Waals surface area contributed by atoms with Crippen molar-refractivity contribution in [1.82, 2.24) is 9.88 Å². The van der Waals surface area contributed by atoms with E-state index in [0.717, 1.165) is 0 Å². The maximum atomic E-state index is 12.0. The van der Waals surface area contributed by atoms with Crippen molar-refractivity contribution in [3.63, 3.8) is 0 Å². The summed E-state index contributed by atoms with van der Waals surface area (Å²) in [5.41, 5.74) is -0.0000883. The Balaban J connectivity index is 2.89. The summed E-state index contributed by atoms with van der Waals surface area (Å²) in [4.78, 5) is 25.9. The zero-order valence-electron chi connectivity index (χ0n) is 9.71. The molecule has 0 aliphatic heterocycles. The van der Waals surface area contributed by atoms with Gasteiger partial charge < -0.3 is 15.0 Å². The summed E-state index contributed by atoms with van der Waals surface area (Å²) < 4.78 is 0. The van der Waals surface area contributed by atoms with Gasteiger partial charge in [-0.2, -0.15) is 0 Å². The number of rotatable bonds is 5. The highest BCUT2D eigenvalue weighted by Crippen LogP contribution is 2.14. The Kier molecular flexibility index (Phi) is 4.22. The standard InChI is InChI=1S/C10H15N3O4/c1-7(2)12(3-4-14)10(15)9-5-8(6-11-9)13(16)17/h5-7,11,14H,3-4H2,1-2H3. The van der Waals surface area contributed by atoms with E-state index in [9.17, 15) is 14.9 Å². The van der Waals surface area contributed by atoms with Crippen LogP contribution in [0.25, 0.3) is 0 Å². The molecule has 0 aromatic carbocycles. The molecule has 0 spiro atoms. The van der Waals surface area contributed by atoms with Crippen LogP contribution in [0, 0.1) is 10.1 Å². The van der Waals surface area contributed by atoms with Crippen molar-refractivity contribution in [2.75, 3.05) is 13.2 Å². The number of nitrogens with one attached hydrogen (secondary N) is 1. The first-order valence-corrected chi connectivity index (χ1v) is 5.22. The Morgan fingerprint density at radius 3 is 2.71 bits per heavy atom. The van der Waals surface area contributed by atoms with Crippen LogP contribution in [-0.2, 0) is 0 Å². The quantitative estimate of drug-likeness (QED) is 0.587. The highest BCUT2D eigenvalue weighted by molar-refractivity contribution is 5.93. The Bertz CT molecular complexity index is 413. The second-order valence-corrected chi connectivity index (χ2v) is 3.84. The molecule has 0 saturated heterocycles. The molecule has 2 N–H and O–H groups in total. The Labute approximate surface area is 98.2 Å². The summed E-state index contributed by atoms with van der Waals surface area (Å²) in [6.45, 7) is 3.67. The van der Waals surface area contributed by atoms with Crippen LogP contribution in [0.3, 0.4) is 0 Å². The van der Waals surface area contributed by atoms with Crippen molar-refractivity contribution in [3.05, 3.63) is 28.1 Å². The van der Waals surface area contributed by atoms with Gasteiger partial charge in [-0.15, -0.1) is 0 Å². The van der Waals surface area contributed by atoms with Gasteiger partial charge in [0.05, 0.1) is 17.7 Å². The molecule has 1 rings (SSSR count). The molecule has 0 unspecified atom stereocenters. The third kappa shape index (κ3) is 3.04. The smallest absolute Gasteiger partial charge is 0.287 e. The van der Waals surface area contributed by atoms with E-state index >= 15 is 0 Å². The van der Waals surface area contributed by atoms with Gasteiger partial charge in [0.1, 0.15) is 5.69 Å². The third-order valence-corrected chi connectivity index (χ3v) is 2.33. The lowest BCUT2D eigenvalue weighted by Gasteiger charge is -2.25. The summed E-state index contributed by atoms with van der Waals surface area (Å²) >= 11 is 0. The molecular formula is C10H15N3O4. The zero-order chi connectivity index (χ0) is 13.0. The molecule has 1 aromatic rings. The topological polar surface area (TPSA) is 99.5 Å². The molecule has 94 valence electrons.